The van der Waals surface area contributed by atoms with Gasteiger partial charge in [-0.15, -0.1) is 0 Å². The van der Waals surface area contributed by atoms with E-state index >= 15 is 0 Å². The zero-order valence-corrected chi connectivity index (χ0v) is 11.0. The van der Waals surface area contributed by atoms with Crippen molar-refractivity contribution in [3.8, 4) is 11.5 Å². The average molecular weight is 253 g/mol. The van der Waals surface area contributed by atoms with Gasteiger partial charge in [0.1, 0.15) is 11.3 Å². The molecule has 0 amide bonds. The summed E-state index contributed by atoms with van der Waals surface area (Å²) in [6.07, 6.45) is 1.81. The van der Waals surface area contributed by atoms with Gasteiger partial charge in [0.2, 0.25) is 5.95 Å². The molecule has 0 aliphatic carbocycles. The Morgan fingerprint density at radius 3 is 2.89 bits per heavy atom. The average Bonchev–Trinajstić information content (AvgIpc) is 2.85. The highest BCUT2D eigenvalue weighted by Gasteiger charge is 2.11. The number of para-hydroxylation sites is 1. The minimum absolute atomic E-state index is 0.628. The minimum atomic E-state index is 0.628. The van der Waals surface area contributed by atoms with E-state index in [2.05, 4.69) is 15.3 Å². The van der Waals surface area contributed by atoms with Crippen LogP contribution in [-0.2, 0) is 0 Å². The van der Waals surface area contributed by atoms with Crippen LogP contribution < -0.4 is 5.32 Å². The SMILES string of the molecule is CCNc1ncc(C)c(-c2cc3ccccc3o2)n1. The van der Waals surface area contributed by atoms with E-state index in [4.69, 9.17) is 4.42 Å². The van der Waals surface area contributed by atoms with Gasteiger partial charge in [0.05, 0.1) is 0 Å². The first-order valence-corrected chi connectivity index (χ1v) is 6.34. The second kappa shape index (κ2) is 4.72. The summed E-state index contributed by atoms with van der Waals surface area (Å²) in [5, 5.41) is 4.20. The van der Waals surface area contributed by atoms with Crippen molar-refractivity contribution in [3.63, 3.8) is 0 Å². The number of furan rings is 1. The van der Waals surface area contributed by atoms with Crippen LogP contribution in [-0.4, -0.2) is 16.5 Å². The number of fused-ring (bicyclic) bond motifs is 1. The second-order valence-corrected chi connectivity index (χ2v) is 4.40. The third kappa shape index (κ3) is 2.17. The molecule has 4 heteroatoms. The predicted octanol–water partition coefficient (Wildman–Crippen LogP) is 3.63. The maximum absolute atomic E-state index is 5.85. The van der Waals surface area contributed by atoms with Crippen molar-refractivity contribution >= 4 is 16.9 Å². The second-order valence-electron chi connectivity index (χ2n) is 4.40. The van der Waals surface area contributed by atoms with Crippen LogP contribution in [0.1, 0.15) is 12.5 Å². The first-order valence-electron chi connectivity index (χ1n) is 6.34. The monoisotopic (exact) mass is 253 g/mol. The number of aromatic nitrogens is 2. The fourth-order valence-corrected chi connectivity index (χ4v) is 2.03. The summed E-state index contributed by atoms with van der Waals surface area (Å²) in [6, 6.07) is 9.97. The number of anilines is 1. The van der Waals surface area contributed by atoms with Crippen LogP contribution in [0.5, 0.6) is 0 Å². The molecule has 3 aromatic rings. The Balaban J connectivity index is 2.11. The van der Waals surface area contributed by atoms with Gasteiger partial charge in [-0.25, -0.2) is 9.97 Å². The molecule has 0 spiro atoms. The molecule has 0 aliphatic rings. The van der Waals surface area contributed by atoms with Gasteiger partial charge in [-0.2, -0.15) is 0 Å². The molecule has 0 saturated carbocycles. The normalized spacial score (nSPS) is 10.8. The first kappa shape index (κ1) is 11.7. The summed E-state index contributed by atoms with van der Waals surface area (Å²) in [4.78, 5) is 8.76. The lowest BCUT2D eigenvalue weighted by molar-refractivity contribution is 0.628. The Bertz CT molecular complexity index is 685. The van der Waals surface area contributed by atoms with Crippen molar-refractivity contribution in [2.75, 3.05) is 11.9 Å². The predicted molar refractivity (Wildman–Crippen MR) is 76.1 cm³/mol. The fourth-order valence-electron chi connectivity index (χ4n) is 2.03. The zero-order valence-electron chi connectivity index (χ0n) is 11.0. The van der Waals surface area contributed by atoms with Crippen molar-refractivity contribution in [3.05, 3.63) is 42.1 Å². The van der Waals surface area contributed by atoms with Crippen LogP contribution in [0.25, 0.3) is 22.4 Å². The topological polar surface area (TPSA) is 51.0 Å². The van der Waals surface area contributed by atoms with Crippen LogP contribution in [0.3, 0.4) is 0 Å². The molecule has 0 atom stereocenters. The molecule has 0 fully saturated rings. The summed E-state index contributed by atoms with van der Waals surface area (Å²) < 4.78 is 5.85. The molecule has 1 aromatic carbocycles. The molecule has 0 radical (unpaired) electrons. The molecule has 0 aliphatic heterocycles. The van der Waals surface area contributed by atoms with Crippen LogP contribution in [0.4, 0.5) is 5.95 Å². The minimum Gasteiger partial charge on any atom is -0.454 e. The molecule has 0 saturated heterocycles. The van der Waals surface area contributed by atoms with Crippen molar-refractivity contribution in [1.82, 2.24) is 9.97 Å². The number of hydrogen-bond donors (Lipinski definition) is 1. The van der Waals surface area contributed by atoms with Crippen LogP contribution in [0.15, 0.2) is 40.9 Å². The summed E-state index contributed by atoms with van der Waals surface area (Å²) in [5.74, 6) is 1.41. The molecular formula is C15H15N3O. The van der Waals surface area contributed by atoms with Gasteiger partial charge in [-0.1, -0.05) is 18.2 Å². The van der Waals surface area contributed by atoms with Crippen LogP contribution in [0, 0.1) is 6.92 Å². The van der Waals surface area contributed by atoms with E-state index in [1.54, 1.807) is 0 Å². The zero-order chi connectivity index (χ0) is 13.2. The number of hydrogen-bond acceptors (Lipinski definition) is 4. The number of aryl methyl sites for hydroxylation is 1. The van der Waals surface area contributed by atoms with E-state index in [-0.39, 0.29) is 0 Å². The number of benzene rings is 1. The van der Waals surface area contributed by atoms with E-state index in [1.165, 1.54) is 0 Å². The Labute approximate surface area is 111 Å². The molecule has 19 heavy (non-hydrogen) atoms. The molecule has 3 rings (SSSR count). The third-order valence-electron chi connectivity index (χ3n) is 2.97. The molecule has 0 bridgehead atoms. The van der Waals surface area contributed by atoms with Crippen LogP contribution >= 0.6 is 0 Å². The number of rotatable bonds is 3. The van der Waals surface area contributed by atoms with Gasteiger partial charge >= 0.3 is 0 Å². The Kier molecular flexibility index (Phi) is 2.91. The lowest BCUT2D eigenvalue weighted by Crippen LogP contribution is -2.03. The number of nitrogens with zero attached hydrogens (tertiary/aromatic N) is 2. The molecule has 2 aromatic heterocycles. The van der Waals surface area contributed by atoms with Gasteiger partial charge in [0, 0.05) is 18.1 Å². The third-order valence-corrected chi connectivity index (χ3v) is 2.97. The van der Waals surface area contributed by atoms with E-state index in [0.29, 0.717) is 5.95 Å². The van der Waals surface area contributed by atoms with Crippen molar-refractivity contribution in [2.45, 2.75) is 13.8 Å². The van der Waals surface area contributed by atoms with Gasteiger partial charge in [0.15, 0.2) is 5.76 Å². The Morgan fingerprint density at radius 2 is 2.11 bits per heavy atom. The van der Waals surface area contributed by atoms with Crippen molar-refractivity contribution in [1.29, 1.82) is 0 Å². The van der Waals surface area contributed by atoms with E-state index in [0.717, 1.165) is 34.5 Å². The molecule has 4 nitrogen and oxygen atoms in total. The van der Waals surface area contributed by atoms with Crippen molar-refractivity contribution in [2.24, 2.45) is 0 Å². The smallest absolute Gasteiger partial charge is 0.223 e. The van der Waals surface area contributed by atoms with E-state index in [1.807, 2.05) is 50.4 Å². The van der Waals surface area contributed by atoms with E-state index in [9.17, 15) is 0 Å². The quantitative estimate of drug-likeness (QED) is 0.774. The Morgan fingerprint density at radius 1 is 1.26 bits per heavy atom. The largest absolute Gasteiger partial charge is 0.454 e. The highest BCUT2D eigenvalue weighted by Crippen LogP contribution is 2.28. The molecule has 0 unspecified atom stereocenters. The van der Waals surface area contributed by atoms with Gasteiger partial charge in [-0.3, -0.25) is 0 Å². The molecule has 2 heterocycles. The maximum atomic E-state index is 5.85. The van der Waals surface area contributed by atoms with Crippen LogP contribution in [0.2, 0.25) is 0 Å². The van der Waals surface area contributed by atoms with Gasteiger partial charge < -0.3 is 9.73 Å². The molecule has 1 N–H and O–H groups in total. The highest BCUT2D eigenvalue weighted by atomic mass is 16.3. The maximum Gasteiger partial charge on any atom is 0.223 e. The lowest BCUT2D eigenvalue weighted by Gasteiger charge is -2.05. The van der Waals surface area contributed by atoms with Gasteiger partial charge in [0.25, 0.3) is 0 Å². The summed E-state index contributed by atoms with van der Waals surface area (Å²) in [6.45, 7) is 4.80. The first-order chi connectivity index (χ1) is 9.28. The summed E-state index contributed by atoms with van der Waals surface area (Å²) in [5.41, 5.74) is 2.71. The standard InChI is InChI=1S/C15H15N3O/c1-3-16-15-17-9-10(2)14(18-15)13-8-11-6-4-5-7-12(11)19-13/h4-9H,3H2,1-2H3,(H,16,17,18). The Hall–Kier alpha value is -2.36. The van der Waals surface area contributed by atoms with Crippen molar-refractivity contribution < 1.29 is 4.42 Å². The lowest BCUT2D eigenvalue weighted by atomic mass is 10.2. The molecule has 96 valence electrons. The molecular weight excluding hydrogens is 238 g/mol. The fraction of sp³-hybridized carbons (Fsp3) is 0.200. The summed E-state index contributed by atoms with van der Waals surface area (Å²) >= 11 is 0. The van der Waals surface area contributed by atoms with Gasteiger partial charge in [-0.05, 0) is 31.5 Å². The highest BCUT2D eigenvalue weighted by molar-refractivity contribution is 5.82. The van der Waals surface area contributed by atoms with E-state index < -0.39 is 0 Å². The number of nitrogens with one attached hydrogen (secondary N) is 1. The summed E-state index contributed by atoms with van der Waals surface area (Å²) in [7, 11) is 0.